The van der Waals surface area contributed by atoms with Gasteiger partial charge < -0.3 is 9.47 Å². The average molecular weight is 601 g/mol. The van der Waals surface area contributed by atoms with Gasteiger partial charge in [-0.1, -0.05) is 49.7 Å². The molecule has 1 amide bonds. The summed E-state index contributed by atoms with van der Waals surface area (Å²) in [6.45, 7) is 6.54. The molecule has 1 heterocycles. The molecular formula is C34H37FN4O3S. The summed E-state index contributed by atoms with van der Waals surface area (Å²) in [5.74, 6) is 0.219. The highest BCUT2D eigenvalue weighted by Gasteiger charge is 2.46. The van der Waals surface area contributed by atoms with Gasteiger partial charge in [-0.05, 0) is 90.6 Å². The zero-order valence-electron chi connectivity index (χ0n) is 24.9. The van der Waals surface area contributed by atoms with Crippen molar-refractivity contribution in [2.24, 2.45) is 13.0 Å². The lowest BCUT2D eigenvalue weighted by molar-refractivity contribution is -0.120. The van der Waals surface area contributed by atoms with Crippen molar-refractivity contribution >= 4 is 21.6 Å². The van der Waals surface area contributed by atoms with Gasteiger partial charge in [-0.2, -0.15) is 0 Å². The van der Waals surface area contributed by atoms with E-state index in [1.807, 2.05) is 42.9 Å². The first-order valence-corrected chi connectivity index (χ1v) is 16.2. The van der Waals surface area contributed by atoms with Crippen molar-refractivity contribution in [3.05, 3.63) is 113 Å². The monoisotopic (exact) mass is 600 g/mol. The number of imidazole rings is 1. The molecule has 2 aliphatic carbocycles. The third kappa shape index (κ3) is 5.88. The van der Waals surface area contributed by atoms with E-state index in [2.05, 4.69) is 23.6 Å². The minimum Gasteiger partial charge on any atom is -0.337 e. The van der Waals surface area contributed by atoms with Crippen molar-refractivity contribution in [2.75, 3.05) is 4.90 Å². The van der Waals surface area contributed by atoms with Gasteiger partial charge in [0.05, 0.1) is 11.4 Å². The minimum atomic E-state index is -3.77. The third-order valence-electron chi connectivity index (χ3n) is 9.03. The molecule has 7 nitrogen and oxygen atoms in total. The quantitative estimate of drug-likeness (QED) is 0.258. The first kappa shape index (κ1) is 29.3. The maximum absolute atomic E-state index is 14.1. The summed E-state index contributed by atoms with van der Waals surface area (Å²) < 4.78 is 45.3. The minimum absolute atomic E-state index is 0.0240. The molecule has 43 heavy (non-hydrogen) atoms. The summed E-state index contributed by atoms with van der Waals surface area (Å²) in [5, 5.41) is 0. The highest BCUT2D eigenvalue weighted by atomic mass is 32.2. The van der Waals surface area contributed by atoms with Gasteiger partial charge in [0.1, 0.15) is 11.6 Å². The molecule has 3 atom stereocenters. The van der Waals surface area contributed by atoms with E-state index in [0.29, 0.717) is 18.5 Å². The number of sulfonamides is 1. The van der Waals surface area contributed by atoms with E-state index >= 15 is 0 Å². The van der Waals surface area contributed by atoms with Gasteiger partial charge in [0.25, 0.3) is 0 Å². The van der Waals surface area contributed by atoms with E-state index < -0.39 is 16.1 Å². The number of benzene rings is 3. The zero-order valence-corrected chi connectivity index (χ0v) is 25.7. The molecular weight excluding hydrogens is 563 g/mol. The average Bonchev–Trinajstić information content (AvgIpc) is 3.67. The summed E-state index contributed by atoms with van der Waals surface area (Å²) in [4.78, 5) is 20.6. The fourth-order valence-corrected chi connectivity index (χ4v) is 7.50. The summed E-state index contributed by atoms with van der Waals surface area (Å²) in [6, 6.07) is 18.8. The molecule has 0 saturated heterocycles. The lowest BCUT2D eigenvalue weighted by atomic mass is 9.71. The molecule has 9 heteroatoms. The predicted molar refractivity (Wildman–Crippen MR) is 165 cm³/mol. The number of carbonyl (C=O) groups is 1. The number of anilines is 1. The second-order valence-corrected chi connectivity index (χ2v) is 14.3. The molecule has 4 aromatic rings. The Morgan fingerprint density at radius 2 is 1.81 bits per heavy atom. The molecule has 1 fully saturated rings. The van der Waals surface area contributed by atoms with E-state index in [1.54, 1.807) is 47.5 Å². The van der Waals surface area contributed by atoms with Crippen LogP contribution in [0.15, 0.2) is 84.0 Å². The second-order valence-electron chi connectivity index (χ2n) is 12.6. The highest BCUT2D eigenvalue weighted by Crippen LogP contribution is 2.50. The number of nitrogens with one attached hydrogen (secondary N) is 1. The van der Waals surface area contributed by atoms with E-state index in [1.165, 1.54) is 12.1 Å². The molecule has 0 aliphatic heterocycles. The summed E-state index contributed by atoms with van der Waals surface area (Å²) in [7, 11) is -1.87. The Labute approximate surface area is 252 Å². The van der Waals surface area contributed by atoms with Crippen LogP contribution in [0.25, 0.3) is 0 Å². The fraction of sp³-hybridized carbons (Fsp3) is 0.353. The number of aromatic nitrogens is 2. The van der Waals surface area contributed by atoms with Crippen LogP contribution in [0.3, 0.4) is 0 Å². The molecule has 0 bridgehead atoms. The summed E-state index contributed by atoms with van der Waals surface area (Å²) in [6.07, 6.45) is 5.71. The standard InChI is InChI=1S/C34H37FN4O3S/c1-22-5-12-26(13-6-22)43(41,42)37-31-15-16-34(2,3)30-14-11-25(19-29(30)31)39(21-32-36-17-18-38(32)4)33(40)28-20-27(28)23-7-9-24(35)10-8-23/h5-14,17-19,27-28,31,37H,15-16,20-21H2,1-4H3/t27-,28+,31+/m0/s1. The van der Waals surface area contributed by atoms with Crippen LogP contribution in [0, 0.1) is 18.7 Å². The van der Waals surface area contributed by atoms with E-state index in [4.69, 9.17) is 0 Å². The summed E-state index contributed by atoms with van der Waals surface area (Å²) >= 11 is 0. The fourth-order valence-electron chi connectivity index (χ4n) is 6.25. The van der Waals surface area contributed by atoms with Gasteiger partial charge in [0, 0.05) is 37.1 Å². The first-order valence-electron chi connectivity index (χ1n) is 14.7. The van der Waals surface area contributed by atoms with Gasteiger partial charge in [-0.3, -0.25) is 4.79 Å². The number of halogens is 1. The van der Waals surface area contributed by atoms with Crippen molar-refractivity contribution in [1.29, 1.82) is 0 Å². The molecule has 0 radical (unpaired) electrons. The number of amides is 1. The number of nitrogens with zero attached hydrogens (tertiary/aromatic N) is 3. The molecule has 1 saturated carbocycles. The lowest BCUT2D eigenvalue weighted by Crippen LogP contribution is -2.37. The van der Waals surface area contributed by atoms with Crippen LogP contribution in [-0.2, 0) is 33.8 Å². The number of hydrogen-bond donors (Lipinski definition) is 1. The van der Waals surface area contributed by atoms with Crippen LogP contribution < -0.4 is 9.62 Å². The maximum Gasteiger partial charge on any atom is 0.241 e. The third-order valence-corrected chi connectivity index (χ3v) is 10.5. The summed E-state index contributed by atoms with van der Waals surface area (Å²) in [5.41, 5.74) is 4.44. The molecule has 0 unspecified atom stereocenters. The Kier molecular flexibility index (Phi) is 7.50. The Hall–Kier alpha value is -3.82. The molecule has 1 N–H and O–H groups in total. The first-order chi connectivity index (χ1) is 20.4. The van der Waals surface area contributed by atoms with Gasteiger partial charge in [-0.15, -0.1) is 0 Å². The van der Waals surface area contributed by atoms with Crippen LogP contribution >= 0.6 is 0 Å². The number of hydrogen-bond acceptors (Lipinski definition) is 4. The molecule has 3 aromatic carbocycles. The van der Waals surface area contributed by atoms with Crippen LogP contribution in [0.4, 0.5) is 10.1 Å². The Morgan fingerprint density at radius 3 is 2.49 bits per heavy atom. The maximum atomic E-state index is 14.1. The zero-order chi connectivity index (χ0) is 30.5. The number of fused-ring (bicyclic) bond motifs is 1. The molecule has 6 rings (SSSR count). The van der Waals surface area contributed by atoms with Crippen LogP contribution in [-0.4, -0.2) is 23.9 Å². The van der Waals surface area contributed by atoms with E-state index in [0.717, 1.165) is 34.5 Å². The highest BCUT2D eigenvalue weighted by molar-refractivity contribution is 7.89. The molecule has 1 aromatic heterocycles. The Balaban J connectivity index is 1.35. The second kappa shape index (κ2) is 11.0. The predicted octanol–water partition coefficient (Wildman–Crippen LogP) is 6.30. The van der Waals surface area contributed by atoms with E-state index in [-0.39, 0.29) is 40.4 Å². The molecule has 224 valence electrons. The lowest BCUT2D eigenvalue weighted by Gasteiger charge is -2.38. The van der Waals surface area contributed by atoms with Gasteiger partial charge in [0.2, 0.25) is 15.9 Å². The van der Waals surface area contributed by atoms with Gasteiger partial charge in [0.15, 0.2) is 0 Å². The number of carbonyl (C=O) groups excluding carboxylic acids is 1. The normalized spacial score (nSPS) is 20.8. The van der Waals surface area contributed by atoms with Crippen molar-refractivity contribution in [2.45, 2.75) is 68.8 Å². The number of rotatable bonds is 8. The topological polar surface area (TPSA) is 84.3 Å². The Bertz CT molecular complexity index is 1760. The van der Waals surface area contributed by atoms with Crippen molar-refractivity contribution in [3.63, 3.8) is 0 Å². The number of aryl methyl sites for hydroxylation is 2. The van der Waals surface area contributed by atoms with Gasteiger partial charge in [-0.25, -0.2) is 22.5 Å². The van der Waals surface area contributed by atoms with Crippen molar-refractivity contribution in [1.82, 2.24) is 14.3 Å². The van der Waals surface area contributed by atoms with Crippen molar-refractivity contribution in [3.8, 4) is 0 Å². The van der Waals surface area contributed by atoms with Crippen LogP contribution in [0.1, 0.15) is 73.1 Å². The Morgan fingerprint density at radius 1 is 1.09 bits per heavy atom. The molecule has 0 spiro atoms. The SMILES string of the molecule is Cc1ccc(S(=O)(=O)N[C@@H]2CCC(C)(C)c3ccc(N(Cc4nccn4C)C(=O)[C@@H]4C[C@H]4c4ccc(F)cc4)cc32)cc1. The van der Waals surface area contributed by atoms with Gasteiger partial charge >= 0.3 is 0 Å². The van der Waals surface area contributed by atoms with Crippen molar-refractivity contribution < 1.29 is 17.6 Å². The molecule has 2 aliphatic rings. The van der Waals surface area contributed by atoms with Crippen LogP contribution in [0.2, 0.25) is 0 Å². The largest absolute Gasteiger partial charge is 0.337 e. The smallest absolute Gasteiger partial charge is 0.241 e. The van der Waals surface area contributed by atoms with E-state index in [9.17, 15) is 17.6 Å². The van der Waals surface area contributed by atoms with Crippen LogP contribution in [0.5, 0.6) is 0 Å².